The molecule has 1 N–H and O–H groups in total. The molecular formula is C16H18N2O. The molecular weight excluding hydrogens is 236 g/mol. The molecule has 0 aliphatic rings. The summed E-state index contributed by atoms with van der Waals surface area (Å²) >= 11 is 0. The van der Waals surface area contributed by atoms with Gasteiger partial charge in [0.1, 0.15) is 0 Å². The molecule has 0 radical (unpaired) electrons. The van der Waals surface area contributed by atoms with Crippen molar-refractivity contribution in [2.75, 3.05) is 25.6 Å². The monoisotopic (exact) mass is 254 g/mol. The maximum absolute atomic E-state index is 9.12. The Kier molecular flexibility index (Phi) is 4.77. The molecule has 0 saturated carbocycles. The van der Waals surface area contributed by atoms with E-state index in [0.717, 1.165) is 48.0 Å². The third-order valence-corrected chi connectivity index (χ3v) is 3.14. The highest BCUT2D eigenvalue weighted by Gasteiger charge is 2.04. The van der Waals surface area contributed by atoms with Crippen LogP contribution in [-0.2, 0) is 4.74 Å². The predicted octanol–water partition coefficient (Wildman–Crippen LogP) is 3.55. The molecule has 0 aliphatic carbocycles. The lowest BCUT2D eigenvalue weighted by molar-refractivity contribution is 0.194. The van der Waals surface area contributed by atoms with Gasteiger partial charge in [0.25, 0.3) is 0 Å². The van der Waals surface area contributed by atoms with Gasteiger partial charge in [-0.3, -0.25) is 0 Å². The molecule has 0 aliphatic heterocycles. The second-order valence-electron chi connectivity index (χ2n) is 4.44. The molecule has 0 spiro atoms. The normalized spacial score (nSPS) is 10.3. The van der Waals surface area contributed by atoms with Crippen LogP contribution in [0.4, 0.5) is 5.69 Å². The van der Waals surface area contributed by atoms with Crippen LogP contribution in [-0.4, -0.2) is 20.3 Å². The zero-order valence-electron chi connectivity index (χ0n) is 11.1. The average Bonchev–Trinajstić information content (AvgIpc) is 2.47. The molecule has 0 amide bonds. The number of rotatable bonds is 6. The number of ether oxygens (including phenoxy) is 1. The summed E-state index contributed by atoms with van der Waals surface area (Å²) in [5.74, 6) is 0. The molecule has 0 unspecified atom stereocenters. The molecule has 0 saturated heterocycles. The van der Waals surface area contributed by atoms with Crippen molar-refractivity contribution in [2.24, 2.45) is 0 Å². The van der Waals surface area contributed by atoms with E-state index >= 15 is 0 Å². The summed E-state index contributed by atoms with van der Waals surface area (Å²) in [4.78, 5) is 0. The Bertz CT molecular complexity index is 587. The molecule has 0 atom stereocenters. The molecule has 2 aromatic carbocycles. The lowest BCUT2D eigenvalue weighted by atomic mass is 10.0. The molecule has 2 aromatic rings. The van der Waals surface area contributed by atoms with Crippen molar-refractivity contribution < 1.29 is 4.74 Å². The van der Waals surface area contributed by atoms with Gasteiger partial charge in [-0.05, 0) is 25.0 Å². The summed E-state index contributed by atoms with van der Waals surface area (Å²) in [6, 6.07) is 14.1. The molecule has 0 heterocycles. The van der Waals surface area contributed by atoms with Crippen LogP contribution in [0.25, 0.3) is 10.8 Å². The van der Waals surface area contributed by atoms with Crippen LogP contribution in [0.5, 0.6) is 0 Å². The second-order valence-corrected chi connectivity index (χ2v) is 4.44. The van der Waals surface area contributed by atoms with E-state index in [2.05, 4.69) is 11.4 Å². The van der Waals surface area contributed by atoms with Crippen LogP contribution in [0, 0.1) is 11.3 Å². The third-order valence-electron chi connectivity index (χ3n) is 3.14. The fourth-order valence-electron chi connectivity index (χ4n) is 2.15. The summed E-state index contributed by atoms with van der Waals surface area (Å²) in [5, 5.41) is 14.7. The minimum atomic E-state index is 0.723. The number of anilines is 1. The standard InChI is InChI=1S/C16H18N2O/c1-19-11-5-4-10-18-16-9-8-13(12-17)14-6-2-3-7-15(14)16/h2-3,6-9,18H,4-5,10-11H2,1H3. The van der Waals surface area contributed by atoms with Crippen molar-refractivity contribution in [2.45, 2.75) is 12.8 Å². The molecule has 0 fully saturated rings. The van der Waals surface area contributed by atoms with Crippen LogP contribution in [0.2, 0.25) is 0 Å². The van der Waals surface area contributed by atoms with Crippen LogP contribution >= 0.6 is 0 Å². The fraction of sp³-hybridized carbons (Fsp3) is 0.312. The van der Waals surface area contributed by atoms with Crippen molar-refractivity contribution in [3.05, 3.63) is 42.0 Å². The highest BCUT2D eigenvalue weighted by molar-refractivity contribution is 5.97. The lowest BCUT2D eigenvalue weighted by Crippen LogP contribution is -2.03. The van der Waals surface area contributed by atoms with Gasteiger partial charge in [0.2, 0.25) is 0 Å². The first-order chi connectivity index (χ1) is 9.36. The van der Waals surface area contributed by atoms with Crippen LogP contribution in [0.3, 0.4) is 0 Å². The van der Waals surface area contributed by atoms with Crippen molar-refractivity contribution in [3.8, 4) is 6.07 Å². The van der Waals surface area contributed by atoms with Gasteiger partial charge in [0.05, 0.1) is 11.6 Å². The Morgan fingerprint density at radius 2 is 1.89 bits per heavy atom. The van der Waals surface area contributed by atoms with Crippen LogP contribution < -0.4 is 5.32 Å². The van der Waals surface area contributed by atoms with E-state index in [1.165, 1.54) is 0 Å². The number of nitrogens with zero attached hydrogens (tertiary/aromatic N) is 1. The van der Waals surface area contributed by atoms with E-state index in [4.69, 9.17) is 10.00 Å². The Morgan fingerprint density at radius 1 is 1.11 bits per heavy atom. The highest BCUT2D eigenvalue weighted by Crippen LogP contribution is 2.26. The van der Waals surface area contributed by atoms with Gasteiger partial charge >= 0.3 is 0 Å². The van der Waals surface area contributed by atoms with Crippen molar-refractivity contribution >= 4 is 16.5 Å². The first-order valence-electron chi connectivity index (χ1n) is 6.51. The minimum absolute atomic E-state index is 0.723. The molecule has 0 aromatic heterocycles. The smallest absolute Gasteiger partial charge is 0.0998 e. The number of nitriles is 1. The summed E-state index contributed by atoms with van der Waals surface area (Å²) in [6.45, 7) is 1.72. The zero-order chi connectivity index (χ0) is 13.5. The summed E-state index contributed by atoms with van der Waals surface area (Å²) in [6.07, 6.45) is 2.12. The molecule has 19 heavy (non-hydrogen) atoms. The highest BCUT2D eigenvalue weighted by atomic mass is 16.5. The Morgan fingerprint density at radius 3 is 2.63 bits per heavy atom. The van der Waals surface area contributed by atoms with E-state index in [1.807, 2.05) is 36.4 Å². The topological polar surface area (TPSA) is 45.0 Å². The zero-order valence-corrected chi connectivity index (χ0v) is 11.1. The van der Waals surface area contributed by atoms with Crippen LogP contribution in [0.1, 0.15) is 18.4 Å². The Balaban J connectivity index is 2.14. The molecule has 3 nitrogen and oxygen atoms in total. The summed E-state index contributed by atoms with van der Waals surface area (Å²) in [7, 11) is 1.72. The van der Waals surface area contributed by atoms with Gasteiger partial charge in [-0.25, -0.2) is 0 Å². The van der Waals surface area contributed by atoms with Gasteiger partial charge in [-0.1, -0.05) is 24.3 Å². The van der Waals surface area contributed by atoms with Crippen LogP contribution in [0.15, 0.2) is 36.4 Å². The Labute approximate surface area is 113 Å². The number of fused-ring (bicyclic) bond motifs is 1. The number of nitrogens with one attached hydrogen (secondary N) is 1. The Hall–Kier alpha value is -2.05. The van der Waals surface area contributed by atoms with Gasteiger partial charge in [0.15, 0.2) is 0 Å². The summed E-state index contributed by atoms with van der Waals surface area (Å²) in [5.41, 5.74) is 1.81. The van der Waals surface area contributed by atoms with Gasteiger partial charge in [-0.2, -0.15) is 5.26 Å². The average molecular weight is 254 g/mol. The predicted molar refractivity (Wildman–Crippen MR) is 78.3 cm³/mol. The van der Waals surface area contributed by atoms with Gasteiger partial charge < -0.3 is 10.1 Å². The SMILES string of the molecule is COCCCCNc1ccc(C#N)c2ccccc12. The van der Waals surface area contributed by atoms with E-state index in [-0.39, 0.29) is 0 Å². The quantitative estimate of drug-likeness (QED) is 0.802. The van der Waals surface area contributed by atoms with E-state index < -0.39 is 0 Å². The third kappa shape index (κ3) is 3.24. The van der Waals surface area contributed by atoms with Crippen molar-refractivity contribution in [1.29, 1.82) is 5.26 Å². The van der Waals surface area contributed by atoms with Gasteiger partial charge in [0, 0.05) is 36.7 Å². The lowest BCUT2D eigenvalue weighted by Gasteiger charge is -2.10. The van der Waals surface area contributed by atoms with E-state index in [1.54, 1.807) is 7.11 Å². The first kappa shape index (κ1) is 13.4. The van der Waals surface area contributed by atoms with E-state index in [9.17, 15) is 0 Å². The minimum Gasteiger partial charge on any atom is -0.385 e. The maximum Gasteiger partial charge on any atom is 0.0998 e. The van der Waals surface area contributed by atoms with Crippen molar-refractivity contribution in [3.63, 3.8) is 0 Å². The second kappa shape index (κ2) is 6.77. The first-order valence-corrected chi connectivity index (χ1v) is 6.51. The maximum atomic E-state index is 9.12. The van der Waals surface area contributed by atoms with Crippen molar-refractivity contribution in [1.82, 2.24) is 0 Å². The largest absolute Gasteiger partial charge is 0.385 e. The number of hydrogen-bond donors (Lipinski definition) is 1. The molecule has 3 heteroatoms. The van der Waals surface area contributed by atoms with Gasteiger partial charge in [-0.15, -0.1) is 0 Å². The number of methoxy groups -OCH3 is 1. The number of hydrogen-bond acceptors (Lipinski definition) is 3. The van der Waals surface area contributed by atoms with E-state index in [0.29, 0.717) is 0 Å². The number of benzene rings is 2. The number of unbranched alkanes of at least 4 members (excludes halogenated alkanes) is 1. The molecule has 2 rings (SSSR count). The summed E-state index contributed by atoms with van der Waals surface area (Å²) < 4.78 is 5.03. The molecule has 98 valence electrons. The fourth-order valence-corrected chi connectivity index (χ4v) is 2.15. The molecule has 0 bridgehead atoms.